The molecule has 0 radical (unpaired) electrons. The van der Waals surface area contributed by atoms with Crippen molar-refractivity contribution in [3.8, 4) is 0 Å². The summed E-state index contributed by atoms with van der Waals surface area (Å²) in [5.41, 5.74) is 10.5. The molecule has 0 aromatic heterocycles. The van der Waals surface area contributed by atoms with Gasteiger partial charge in [-0.1, -0.05) is 0 Å². The van der Waals surface area contributed by atoms with E-state index in [0.29, 0.717) is 24.4 Å². The van der Waals surface area contributed by atoms with Gasteiger partial charge in [0.15, 0.2) is 0 Å². The summed E-state index contributed by atoms with van der Waals surface area (Å²) >= 11 is 0. The summed E-state index contributed by atoms with van der Waals surface area (Å²) in [7, 11) is 1.35. The Labute approximate surface area is 82.0 Å². The Kier molecular flexibility index (Phi) is 5.58. The van der Waals surface area contributed by atoms with Gasteiger partial charge in [0.05, 0.1) is 0 Å². The number of carbonyl (C=O) groups is 1. The van der Waals surface area contributed by atoms with Crippen molar-refractivity contribution >= 4 is 11.9 Å². The van der Waals surface area contributed by atoms with Crippen LogP contribution in [0.3, 0.4) is 0 Å². The summed E-state index contributed by atoms with van der Waals surface area (Å²) < 4.78 is 0. The highest BCUT2D eigenvalue weighted by atomic mass is 16.5. The molecular formula is C7H16N4O3. The lowest BCUT2D eigenvalue weighted by molar-refractivity contribution is -0.138. The normalized spacial score (nSPS) is 13.8. The van der Waals surface area contributed by atoms with Crippen molar-refractivity contribution in [1.29, 1.82) is 0 Å². The Morgan fingerprint density at radius 2 is 2.21 bits per heavy atom. The van der Waals surface area contributed by atoms with Gasteiger partial charge in [0.1, 0.15) is 6.04 Å². The third-order valence-electron chi connectivity index (χ3n) is 1.60. The zero-order chi connectivity index (χ0) is 11.1. The molecule has 6 N–H and O–H groups in total. The number of carboxylic acids is 1. The fraction of sp³-hybridized carbons (Fsp3) is 0.714. The molecule has 0 heterocycles. The number of hydrogen-bond donors (Lipinski definition) is 4. The third kappa shape index (κ3) is 5.33. The summed E-state index contributed by atoms with van der Waals surface area (Å²) in [5, 5.41) is 17.9. The highest BCUT2D eigenvalue weighted by Crippen LogP contribution is 1.95. The molecule has 0 aliphatic rings. The second kappa shape index (κ2) is 6.17. The Balaban J connectivity index is 3.66. The summed E-state index contributed by atoms with van der Waals surface area (Å²) in [6.07, 6.45) is 0.850. The maximum absolute atomic E-state index is 10.3. The van der Waals surface area contributed by atoms with E-state index in [1.54, 1.807) is 0 Å². The molecule has 0 rings (SSSR count). The van der Waals surface area contributed by atoms with Gasteiger partial charge in [0.25, 0.3) is 0 Å². The van der Waals surface area contributed by atoms with E-state index in [2.05, 4.69) is 4.99 Å². The van der Waals surface area contributed by atoms with Gasteiger partial charge >= 0.3 is 5.97 Å². The lowest BCUT2D eigenvalue weighted by Crippen LogP contribution is -2.32. The zero-order valence-electron chi connectivity index (χ0n) is 8.05. The number of nitrogens with two attached hydrogens (primary N) is 2. The highest BCUT2D eigenvalue weighted by molar-refractivity contribution is 5.76. The lowest BCUT2D eigenvalue weighted by Gasteiger charge is -2.08. The van der Waals surface area contributed by atoms with Gasteiger partial charge < -0.3 is 16.6 Å². The van der Waals surface area contributed by atoms with Crippen LogP contribution in [0.1, 0.15) is 12.8 Å². The molecule has 14 heavy (non-hydrogen) atoms. The first-order valence-electron chi connectivity index (χ1n) is 4.16. The molecular weight excluding hydrogens is 188 g/mol. The molecule has 0 aromatic carbocycles. The van der Waals surface area contributed by atoms with Gasteiger partial charge in [-0.2, -0.15) is 0 Å². The lowest BCUT2D eigenvalue weighted by atomic mass is 10.2. The number of guanidine groups is 1. The second-order valence-corrected chi connectivity index (χ2v) is 2.85. The minimum atomic E-state index is -1.03. The minimum absolute atomic E-state index is 0.00565. The molecule has 0 bridgehead atoms. The van der Waals surface area contributed by atoms with Crippen LogP contribution in [-0.4, -0.2) is 46.9 Å². The van der Waals surface area contributed by atoms with Gasteiger partial charge in [-0.15, -0.1) is 0 Å². The fourth-order valence-electron chi connectivity index (χ4n) is 0.731. The van der Waals surface area contributed by atoms with Crippen molar-refractivity contribution in [2.75, 3.05) is 13.6 Å². The number of aliphatic carboxylic acids is 1. The first-order valence-corrected chi connectivity index (χ1v) is 4.16. The molecule has 0 aliphatic carbocycles. The van der Waals surface area contributed by atoms with E-state index in [9.17, 15) is 4.79 Å². The summed E-state index contributed by atoms with van der Waals surface area (Å²) in [4.78, 5) is 14.1. The molecule has 0 unspecified atom stereocenters. The molecule has 7 heteroatoms. The number of rotatable bonds is 5. The van der Waals surface area contributed by atoms with Crippen LogP contribution in [0.5, 0.6) is 0 Å². The smallest absolute Gasteiger partial charge is 0.320 e. The highest BCUT2D eigenvalue weighted by Gasteiger charge is 2.09. The molecule has 0 saturated carbocycles. The molecule has 0 spiro atoms. The summed E-state index contributed by atoms with van der Waals surface area (Å²) in [6.45, 7) is 0.345. The van der Waals surface area contributed by atoms with E-state index in [0.717, 1.165) is 0 Å². The van der Waals surface area contributed by atoms with Gasteiger partial charge in [0, 0.05) is 13.6 Å². The van der Waals surface area contributed by atoms with E-state index >= 15 is 0 Å². The Hall–Kier alpha value is -1.34. The first-order chi connectivity index (χ1) is 6.45. The van der Waals surface area contributed by atoms with Crippen molar-refractivity contribution < 1.29 is 15.1 Å². The SMILES string of the molecule is CN(O)C(N)=NCCC[C@H](N)C(=O)O. The number of carboxylic acid groups (broad SMARTS) is 1. The average Bonchev–Trinajstić information content (AvgIpc) is 2.11. The third-order valence-corrected chi connectivity index (χ3v) is 1.60. The van der Waals surface area contributed by atoms with Crippen LogP contribution in [0.2, 0.25) is 0 Å². The van der Waals surface area contributed by atoms with Crippen molar-refractivity contribution in [2.45, 2.75) is 18.9 Å². The van der Waals surface area contributed by atoms with Crippen LogP contribution in [0.15, 0.2) is 4.99 Å². The standard InChI is InChI=1S/C7H16N4O3/c1-11(14)7(9)10-4-2-3-5(8)6(12)13/h5,14H,2-4,8H2,1H3,(H2,9,10)(H,12,13)/t5-/m0/s1. The van der Waals surface area contributed by atoms with E-state index in [-0.39, 0.29) is 5.96 Å². The number of aliphatic imine (C=N–C) groups is 1. The van der Waals surface area contributed by atoms with Crippen LogP contribution in [-0.2, 0) is 4.79 Å². The fourth-order valence-corrected chi connectivity index (χ4v) is 0.731. The molecule has 0 aromatic rings. The van der Waals surface area contributed by atoms with Crippen molar-refractivity contribution in [3.63, 3.8) is 0 Å². The molecule has 0 fully saturated rings. The van der Waals surface area contributed by atoms with Crippen LogP contribution in [0, 0.1) is 0 Å². The van der Waals surface area contributed by atoms with Crippen molar-refractivity contribution in [2.24, 2.45) is 16.5 Å². The number of hydroxylamine groups is 2. The molecule has 82 valence electrons. The molecule has 0 aliphatic heterocycles. The maximum Gasteiger partial charge on any atom is 0.320 e. The van der Waals surface area contributed by atoms with Crippen LogP contribution < -0.4 is 11.5 Å². The van der Waals surface area contributed by atoms with Crippen molar-refractivity contribution in [3.05, 3.63) is 0 Å². The van der Waals surface area contributed by atoms with Gasteiger partial charge in [-0.05, 0) is 12.8 Å². The average molecular weight is 204 g/mol. The first kappa shape index (κ1) is 12.7. The molecule has 1 atom stereocenters. The van der Waals surface area contributed by atoms with Gasteiger partial charge in [0.2, 0.25) is 5.96 Å². The molecule has 7 nitrogen and oxygen atoms in total. The quantitative estimate of drug-likeness (QED) is 0.193. The van der Waals surface area contributed by atoms with E-state index in [1.165, 1.54) is 7.05 Å². The predicted molar refractivity (Wildman–Crippen MR) is 50.9 cm³/mol. The number of hydrogen-bond acceptors (Lipinski definition) is 4. The minimum Gasteiger partial charge on any atom is -0.480 e. The van der Waals surface area contributed by atoms with E-state index < -0.39 is 12.0 Å². The number of nitrogens with zero attached hydrogens (tertiary/aromatic N) is 2. The largest absolute Gasteiger partial charge is 0.480 e. The maximum atomic E-state index is 10.3. The van der Waals surface area contributed by atoms with E-state index in [1.807, 2.05) is 0 Å². The molecule has 0 saturated heterocycles. The van der Waals surface area contributed by atoms with Crippen LogP contribution >= 0.6 is 0 Å². The Morgan fingerprint density at radius 1 is 1.64 bits per heavy atom. The topological polar surface area (TPSA) is 125 Å². The summed E-state index contributed by atoms with van der Waals surface area (Å²) in [6, 6.07) is -0.863. The predicted octanol–water partition coefficient (Wildman–Crippen LogP) is -1.19. The monoisotopic (exact) mass is 204 g/mol. The Morgan fingerprint density at radius 3 is 2.64 bits per heavy atom. The van der Waals surface area contributed by atoms with Gasteiger partial charge in [-0.25, -0.2) is 5.06 Å². The summed E-state index contributed by atoms with van der Waals surface area (Å²) in [5.74, 6) is -1.03. The second-order valence-electron chi connectivity index (χ2n) is 2.85. The van der Waals surface area contributed by atoms with E-state index in [4.69, 9.17) is 21.8 Å². The van der Waals surface area contributed by atoms with Gasteiger partial charge in [-0.3, -0.25) is 15.0 Å². The van der Waals surface area contributed by atoms with Crippen LogP contribution in [0.25, 0.3) is 0 Å². The zero-order valence-corrected chi connectivity index (χ0v) is 8.05. The van der Waals surface area contributed by atoms with Crippen molar-refractivity contribution in [1.82, 2.24) is 5.06 Å². The Bertz CT molecular complexity index is 217. The molecule has 0 amide bonds. The van der Waals surface area contributed by atoms with Crippen LogP contribution in [0.4, 0.5) is 0 Å².